The van der Waals surface area contributed by atoms with E-state index in [2.05, 4.69) is 12.6 Å². The van der Waals surface area contributed by atoms with E-state index in [0.29, 0.717) is 5.75 Å². The van der Waals surface area contributed by atoms with Gasteiger partial charge in [0.1, 0.15) is 5.76 Å². The van der Waals surface area contributed by atoms with E-state index in [4.69, 9.17) is 0 Å². The third kappa shape index (κ3) is 6.69. The number of aliphatic hydroxyl groups is 1. The predicted octanol–water partition coefficient (Wildman–Crippen LogP) is 5.58. The summed E-state index contributed by atoms with van der Waals surface area (Å²) >= 11 is 5.88. The molecular weight excluding hydrogens is 348 g/mol. The van der Waals surface area contributed by atoms with Crippen LogP contribution in [0.3, 0.4) is 0 Å². The molecule has 0 saturated carbocycles. The highest BCUT2D eigenvalue weighted by Gasteiger charge is 1.96. The van der Waals surface area contributed by atoms with Crippen LogP contribution < -0.4 is 0 Å². The molecular formula is C21H20O2S2. The van der Waals surface area contributed by atoms with Crippen LogP contribution >= 0.6 is 24.4 Å². The first kappa shape index (κ1) is 19.2. The molecule has 1 N–H and O–H groups in total. The normalized spacial score (nSPS) is 12.2. The minimum absolute atomic E-state index is 0.0750. The quantitative estimate of drug-likeness (QED) is 0.220. The van der Waals surface area contributed by atoms with E-state index >= 15 is 0 Å². The minimum atomic E-state index is -0.266. The number of thiol groups is 1. The number of carbonyl (C=O) groups excluding carboxylic acids is 1. The molecule has 2 rings (SSSR count). The third-order valence-corrected chi connectivity index (χ3v) is 4.56. The van der Waals surface area contributed by atoms with Crippen molar-refractivity contribution >= 4 is 42.3 Å². The van der Waals surface area contributed by atoms with Crippen LogP contribution in [0.2, 0.25) is 0 Å². The molecule has 0 fully saturated rings. The van der Waals surface area contributed by atoms with Crippen LogP contribution in [0, 0.1) is 0 Å². The van der Waals surface area contributed by atoms with Gasteiger partial charge < -0.3 is 5.11 Å². The van der Waals surface area contributed by atoms with Crippen molar-refractivity contribution < 1.29 is 9.90 Å². The van der Waals surface area contributed by atoms with E-state index in [0.717, 1.165) is 16.7 Å². The number of thioether (sulfide) groups is 1. The van der Waals surface area contributed by atoms with E-state index in [9.17, 15) is 9.90 Å². The maximum atomic E-state index is 11.9. The fourth-order valence-corrected chi connectivity index (χ4v) is 2.67. The lowest BCUT2D eigenvalue weighted by molar-refractivity contribution is -0.110. The standard InChI is InChI=1S/C21H20O2S2/c1-25-21-12-8-17(9-13-21)7-11-20(23)14-19(22)10-6-16-2-4-18(15-24)5-3-16/h2-14,23-24H,15H2,1H3/b10-6+,11-7+,20-14-. The zero-order chi connectivity index (χ0) is 18.1. The van der Waals surface area contributed by atoms with Gasteiger partial charge in [-0.15, -0.1) is 11.8 Å². The summed E-state index contributed by atoms with van der Waals surface area (Å²) in [6, 6.07) is 15.7. The van der Waals surface area contributed by atoms with Gasteiger partial charge in [0.25, 0.3) is 0 Å². The second kappa shape index (κ2) is 9.97. The molecule has 4 heteroatoms. The Morgan fingerprint density at radius 3 is 2.12 bits per heavy atom. The van der Waals surface area contributed by atoms with Crippen molar-refractivity contribution in [2.75, 3.05) is 6.26 Å². The molecule has 0 radical (unpaired) electrons. The van der Waals surface area contributed by atoms with Crippen molar-refractivity contribution in [2.45, 2.75) is 10.6 Å². The zero-order valence-electron chi connectivity index (χ0n) is 13.9. The van der Waals surface area contributed by atoms with Gasteiger partial charge in [-0.1, -0.05) is 48.6 Å². The molecule has 25 heavy (non-hydrogen) atoms. The number of carbonyl (C=O) groups is 1. The van der Waals surface area contributed by atoms with Crippen LogP contribution in [0.15, 0.2) is 77.4 Å². The van der Waals surface area contributed by atoms with Crippen molar-refractivity contribution in [3.8, 4) is 0 Å². The molecule has 0 unspecified atom stereocenters. The molecule has 0 aromatic heterocycles. The first-order chi connectivity index (χ1) is 12.1. The van der Waals surface area contributed by atoms with E-state index < -0.39 is 0 Å². The second-order valence-electron chi connectivity index (χ2n) is 5.31. The first-order valence-electron chi connectivity index (χ1n) is 7.75. The smallest absolute Gasteiger partial charge is 0.182 e. The maximum absolute atomic E-state index is 11.9. The third-order valence-electron chi connectivity index (χ3n) is 3.45. The number of benzene rings is 2. The van der Waals surface area contributed by atoms with Gasteiger partial charge >= 0.3 is 0 Å². The summed E-state index contributed by atoms with van der Waals surface area (Å²) in [5.74, 6) is 0.346. The summed E-state index contributed by atoms with van der Waals surface area (Å²) in [7, 11) is 0. The Bertz CT molecular complexity index is 786. The summed E-state index contributed by atoms with van der Waals surface area (Å²) < 4.78 is 0. The van der Waals surface area contributed by atoms with Crippen molar-refractivity contribution in [3.63, 3.8) is 0 Å². The van der Waals surface area contributed by atoms with Crippen molar-refractivity contribution in [2.24, 2.45) is 0 Å². The number of hydrogen-bond donors (Lipinski definition) is 2. The number of rotatable bonds is 7. The number of aliphatic hydroxyl groups excluding tert-OH is 1. The highest BCUT2D eigenvalue weighted by Crippen LogP contribution is 2.15. The average Bonchev–Trinajstić information content (AvgIpc) is 2.65. The van der Waals surface area contributed by atoms with Gasteiger partial charge in [0.15, 0.2) is 5.78 Å². The molecule has 0 aliphatic carbocycles. The molecule has 0 atom stereocenters. The Kier molecular flexibility index (Phi) is 7.64. The van der Waals surface area contributed by atoms with Crippen molar-refractivity contribution in [1.29, 1.82) is 0 Å². The van der Waals surface area contributed by atoms with Gasteiger partial charge in [0.05, 0.1) is 0 Å². The largest absolute Gasteiger partial charge is 0.508 e. The molecule has 2 aromatic rings. The van der Waals surface area contributed by atoms with Crippen LogP contribution in [0.4, 0.5) is 0 Å². The molecule has 0 saturated heterocycles. The number of ketones is 1. The van der Waals surface area contributed by atoms with Crippen LogP contribution in [0.5, 0.6) is 0 Å². The summed E-state index contributed by atoms with van der Waals surface area (Å²) in [6.45, 7) is 0. The summed E-state index contributed by atoms with van der Waals surface area (Å²) in [6.07, 6.45) is 9.66. The molecule has 0 bridgehead atoms. The molecule has 0 amide bonds. The van der Waals surface area contributed by atoms with Gasteiger partial charge in [-0.05, 0) is 47.2 Å². The fourth-order valence-electron chi connectivity index (χ4n) is 2.05. The molecule has 0 aliphatic rings. The highest BCUT2D eigenvalue weighted by atomic mass is 32.2. The van der Waals surface area contributed by atoms with Crippen LogP contribution in [-0.4, -0.2) is 17.1 Å². The Labute approximate surface area is 158 Å². The predicted molar refractivity (Wildman–Crippen MR) is 111 cm³/mol. The molecule has 2 nitrogen and oxygen atoms in total. The van der Waals surface area contributed by atoms with Crippen molar-refractivity contribution in [3.05, 3.63) is 89.2 Å². The first-order valence-corrected chi connectivity index (χ1v) is 9.61. The van der Waals surface area contributed by atoms with Gasteiger partial charge in [0.2, 0.25) is 0 Å². The summed E-state index contributed by atoms with van der Waals surface area (Å²) in [5, 5.41) is 9.85. The van der Waals surface area contributed by atoms with Gasteiger partial charge in [0, 0.05) is 16.7 Å². The second-order valence-corrected chi connectivity index (χ2v) is 6.51. The maximum Gasteiger partial charge on any atom is 0.182 e. The lowest BCUT2D eigenvalue weighted by Crippen LogP contribution is -1.88. The van der Waals surface area contributed by atoms with Crippen molar-refractivity contribution in [1.82, 2.24) is 0 Å². The van der Waals surface area contributed by atoms with Crippen LogP contribution in [-0.2, 0) is 10.5 Å². The van der Waals surface area contributed by atoms with Gasteiger partial charge in [-0.25, -0.2) is 0 Å². The Hall–Kier alpha value is -2.17. The SMILES string of the molecule is CSc1ccc(/C=C/C(O)=C/C(=O)/C=C/c2ccc(CS)cc2)cc1. The summed E-state index contributed by atoms with van der Waals surface area (Å²) in [4.78, 5) is 13.1. The average molecular weight is 369 g/mol. The molecule has 0 heterocycles. The number of hydrogen-bond acceptors (Lipinski definition) is 4. The lowest BCUT2D eigenvalue weighted by atomic mass is 10.1. The fraction of sp³-hybridized carbons (Fsp3) is 0.0952. The van der Waals surface area contributed by atoms with Gasteiger partial charge in [-0.3, -0.25) is 4.79 Å². The van der Waals surface area contributed by atoms with E-state index in [1.807, 2.05) is 54.8 Å². The molecule has 2 aromatic carbocycles. The topological polar surface area (TPSA) is 37.3 Å². The van der Waals surface area contributed by atoms with E-state index in [1.54, 1.807) is 23.9 Å². The van der Waals surface area contributed by atoms with Gasteiger partial charge in [-0.2, -0.15) is 12.6 Å². The molecule has 0 spiro atoms. The Morgan fingerprint density at radius 2 is 1.56 bits per heavy atom. The Balaban J connectivity index is 1.96. The van der Waals surface area contributed by atoms with Crippen LogP contribution in [0.25, 0.3) is 12.2 Å². The zero-order valence-corrected chi connectivity index (χ0v) is 15.6. The molecule has 0 aliphatic heterocycles. The van der Waals surface area contributed by atoms with Crippen LogP contribution in [0.1, 0.15) is 16.7 Å². The monoisotopic (exact) mass is 368 g/mol. The lowest BCUT2D eigenvalue weighted by Gasteiger charge is -1.97. The Morgan fingerprint density at radius 1 is 1.00 bits per heavy atom. The van der Waals surface area contributed by atoms with E-state index in [-0.39, 0.29) is 11.5 Å². The minimum Gasteiger partial charge on any atom is -0.508 e. The highest BCUT2D eigenvalue weighted by molar-refractivity contribution is 7.98. The number of allylic oxidation sites excluding steroid dienone is 3. The molecule has 128 valence electrons. The summed E-state index contributed by atoms with van der Waals surface area (Å²) in [5.41, 5.74) is 3.02. The van der Waals surface area contributed by atoms with E-state index in [1.165, 1.54) is 23.1 Å².